The molecule has 0 fully saturated rings. The van der Waals surface area contributed by atoms with Crippen LogP contribution in [0.5, 0.6) is 5.75 Å². The lowest BCUT2D eigenvalue weighted by Gasteiger charge is -2.28. The zero-order valence-electron chi connectivity index (χ0n) is 18.9. The van der Waals surface area contributed by atoms with Gasteiger partial charge in [-0.3, -0.25) is 9.78 Å². The second kappa shape index (κ2) is 9.59. The van der Waals surface area contributed by atoms with Gasteiger partial charge >= 0.3 is 12.4 Å². The molecule has 0 spiro atoms. The van der Waals surface area contributed by atoms with Crippen LogP contribution in [-0.4, -0.2) is 44.4 Å². The molecule has 14 heteroatoms. The van der Waals surface area contributed by atoms with Gasteiger partial charge in [-0.2, -0.15) is 36.7 Å². The van der Waals surface area contributed by atoms with Crippen molar-refractivity contribution < 1.29 is 35.9 Å². The second-order valence-electron chi connectivity index (χ2n) is 8.13. The van der Waals surface area contributed by atoms with E-state index >= 15 is 0 Å². The first-order valence-corrected chi connectivity index (χ1v) is 11.0. The Morgan fingerprint density at radius 2 is 1.95 bits per heavy atom. The Morgan fingerprint density at radius 1 is 1.22 bits per heavy atom. The van der Waals surface area contributed by atoms with Crippen molar-refractivity contribution in [2.24, 2.45) is 0 Å². The zero-order chi connectivity index (χ0) is 27.1. The van der Waals surface area contributed by atoms with Crippen LogP contribution < -0.4 is 4.74 Å². The summed E-state index contributed by atoms with van der Waals surface area (Å²) in [5, 5.41) is 13.2. The van der Waals surface area contributed by atoms with Gasteiger partial charge in [0, 0.05) is 37.5 Å². The molecule has 0 bridgehead atoms. The molecular formula is C23H16ClF6N5O2. The Kier molecular flexibility index (Phi) is 6.81. The molecule has 0 radical (unpaired) electrons. The first-order valence-electron chi connectivity index (χ1n) is 10.7. The van der Waals surface area contributed by atoms with Crippen molar-refractivity contribution in [1.29, 1.82) is 5.26 Å². The van der Waals surface area contributed by atoms with Crippen molar-refractivity contribution in [3.8, 4) is 17.5 Å². The Hall–Kier alpha value is -3.79. The number of aromatic nitrogens is 3. The summed E-state index contributed by atoms with van der Waals surface area (Å²) in [6, 6.07) is 6.18. The number of nitrogens with zero attached hydrogens (tertiary/aromatic N) is 5. The van der Waals surface area contributed by atoms with Crippen LogP contribution in [0.1, 0.15) is 39.8 Å². The number of hydrogen-bond donors (Lipinski definition) is 0. The minimum atomic E-state index is -4.71. The number of rotatable bonds is 4. The van der Waals surface area contributed by atoms with Gasteiger partial charge in [-0.25, -0.2) is 4.68 Å². The highest BCUT2D eigenvalue weighted by Gasteiger charge is 2.39. The van der Waals surface area contributed by atoms with Gasteiger partial charge in [0.15, 0.2) is 6.10 Å². The lowest BCUT2D eigenvalue weighted by Crippen LogP contribution is -2.37. The van der Waals surface area contributed by atoms with E-state index in [1.54, 1.807) is 6.07 Å². The first-order chi connectivity index (χ1) is 17.3. The molecule has 4 rings (SSSR count). The van der Waals surface area contributed by atoms with Crippen LogP contribution >= 0.6 is 11.6 Å². The number of nitriles is 1. The number of halogens is 7. The normalized spacial score (nSPS) is 14.6. The van der Waals surface area contributed by atoms with E-state index in [1.165, 1.54) is 21.8 Å². The highest BCUT2D eigenvalue weighted by Crippen LogP contribution is 2.35. The van der Waals surface area contributed by atoms with Crippen molar-refractivity contribution >= 4 is 17.5 Å². The minimum Gasteiger partial charge on any atom is -0.480 e. The molecule has 3 aromatic rings. The summed E-state index contributed by atoms with van der Waals surface area (Å²) in [5.41, 5.74) is -0.450. The van der Waals surface area contributed by atoms with E-state index in [1.807, 2.05) is 0 Å². The summed E-state index contributed by atoms with van der Waals surface area (Å²) in [6.07, 6.45) is -8.93. The van der Waals surface area contributed by atoms with E-state index in [2.05, 4.69) is 10.1 Å². The van der Waals surface area contributed by atoms with E-state index in [0.29, 0.717) is 11.3 Å². The maximum absolute atomic E-state index is 13.4. The monoisotopic (exact) mass is 543 g/mol. The lowest BCUT2D eigenvalue weighted by atomic mass is 10.0. The fourth-order valence-electron chi connectivity index (χ4n) is 3.69. The van der Waals surface area contributed by atoms with Gasteiger partial charge in [-0.05, 0) is 31.2 Å². The maximum Gasteiger partial charge on any atom is 0.433 e. The van der Waals surface area contributed by atoms with Crippen LogP contribution in [0.25, 0.3) is 5.69 Å². The van der Waals surface area contributed by atoms with Crippen LogP contribution in [0.4, 0.5) is 26.3 Å². The molecule has 1 aliphatic heterocycles. The molecule has 1 atom stereocenters. The molecule has 194 valence electrons. The quantitative estimate of drug-likeness (QED) is 0.415. The van der Waals surface area contributed by atoms with Crippen LogP contribution in [0.2, 0.25) is 5.02 Å². The molecule has 1 aromatic carbocycles. The number of alkyl halides is 6. The van der Waals surface area contributed by atoms with Crippen molar-refractivity contribution in [3.63, 3.8) is 0 Å². The summed E-state index contributed by atoms with van der Waals surface area (Å²) in [4.78, 5) is 18.0. The molecule has 0 saturated carbocycles. The van der Waals surface area contributed by atoms with E-state index < -0.39 is 41.4 Å². The molecular weight excluding hydrogens is 528 g/mol. The van der Waals surface area contributed by atoms with Gasteiger partial charge in [0.2, 0.25) is 0 Å². The van der Waals surface area contributed by atoms with Gasteiger partial charge in [0.1, 0.15) is 23.1 Å². The fourth-order valence-corrected chi connectivity index (χ4v) is 3.97. The van der Waals surface area contributed by atoms with Crippen molar-refractivity contribution in [2.75, 3.05) is 6.54 Å². The van der Waals surface area contributed by atoms with Crippen LogP contribution in [0, 0.1) is 11.3 Å². The van der Waals surface area contributed by atoms with E-state index in [0.717, 1.165) is 31.3 Å². The lowest BCUT2D eigenvalue weighted by molar-refractivity contribution is -0.189. The molecule has 2 aromatic heterocycles. The summed E-state index contributed by atoms with van der Waals surface area (Å²) >= 11 is 6.22. The number of ether oxygens (including phenoxy) is 1. The average Bonchev–Trinajstić information content (AvgIpc) is 3.26. The molecule has 1 aliphatic rings. The predicted molar refractivity (Wildman–Crippen MR) is 117 cm³/mol. The van der Waals surface area contributed by atoms with E-state index in [9.17, 15) is 36.4 Å². The zero-order valence-corrected chi connectivity index (χ0v) is 19.6. The third-order valence-corrected chi connectivity index (χ3v) is 6.04. The summed E-state index contributed by atoms with van der Waals surface area (Å²) < 4.78 is 84.6. The van der Waals surface area contributed by atoms with Gasteiger partial charge in [0.25, 0.3) is 5.91 Å². The standard InChI is InChI=1S/C23H16ClF6N5O2/c1-12(22(25,26)27)37-17-3-2-13(9-31)20(24)19(17)21(36)34-7-5-16-14(10-34)11-35(33-16)15-4-6-32-18(8-15)23(28,29)30/h2-4,6,8,11-12H,5,7,10H2,1H3. The van der Waals surface area contributed by atoms with Crippen molar-refractivity contribution in [3.05, 3.63) is 69.8 Å². The molecule has 0 saturated heterocycles. The topological polar surface area (TPSA) is 84.0 Å². The number of fused-ring (bicyclic) bond motifs is 1. The third-order valence-electron chi connectivity index (χ3n) is 5.65. The Bertz CT molecular complexity index is 1400. The molecule has 3 heterocycles. The molecule has 0 aliphatic carbocycles. The van der Waals surface area contributed by atoms with Gasteiger partial charge < -0.3 is 9.64 Å². The minimum absolute atomic E-state index is 0.0489. The Labute approximate surface area is 210 Å². The van der Waals surface area contributed by atoms with Crippen LogP contribution in [0.3, 0.4) is 0 Å². The first kappa shape index (κ1) is 26.3. The van der Waals surface area contributed by atoms with Crippen molar-refractivity contribution in [1.82, 2.24) is 19.7 Å². The number of carbonyl (C=O) groups excluding carboxylic acids is 1. The summed E-state index contributed by atoms with van der Waals surface area (Å²) in [7, 11) is 0. The largest absolute Gasteiger partial charge is 0.480 e. The molecule has 1 unspecified atom stereocenters. The molecule has 37 heavy (non-hydrogen) atoms. The fraction of sp³-hybridized carbons (Fsp3) is 0.304. The van der Waals surface area contributed by atoms with Gasteiger partial charge in [-0.15, -0.1) is 0 Å². The van der Waals surface area contributed by atoms with E-state index in [4.69, 9.17) is 16.3 Å². The summed E-state index contributed by atoms with van der Waals surface area (Å²) in [5.74, 6) is -1.20. The highest BCUT2D eigenvalue weighted by molar-refractivity contribution is 6.35. The summed E-state index contributed by atoms with van der Waals surface area (Å²) in [6.45, 7) is 0.812. The Balaban J connectivity index is 1.64. The van der Waals surface area contributed by atoms with Crippen LogP contribution in [0.15, 0.2) is 36.7 Å². The average molecular weight is 544 g/mol. The van der Waals surface area contributed by atoms with Crippen molar-refractivity contribution in [2.45, 2.75) is 38.3 Å². The number of pyridine rings is 1. The highest BCUT2D eigenvalue weighted by atomic mass is 35.5. The van der Waals surface area contributed by atoms with Gasteiger partial charge in [0.05, 0.1) is 22.0 Å². The third kappa shape index (κ3) is 5.34. The predicted octanol–water partition coefficient (Wildman–Crippen LogP) is 5.34. The number of hydrogen-bond acceptors (Lipinski definition) is 5. The van der Waals surface area contributed by atoms with E-state index in [-0.39, 0.29) is 35.8 Å². The molecule has 7 nitrogen and oxygen atoms in total. The molecule has 0 N–H and O–H groups in total. The SMILES string of the molecule is CC(Oc1ccc(C#N)c(Cl)c1C(=O)N1CCc2nn(-c3ccnc(C(F)(F)F)c3)cc2C1)C(F)(F)F. The van der Waals surface area contributed by atoms with Crippen LogP contribution in [-0.2, 0) is 19.1 Å². The maximum atomic E-state index is 13.4. The number of carbonyl (C=O) groups is 1. The molecule has 1 amide bonds. The smallest absolute Gasteiger partial charge is 0.433 e. The van der Waals surface area contributed by atoms with Gasteiger partial charge in [-0.1, -0.05) is 11.6 Å². The number of benzene rings is 1. The Morgan fingerprint density at radius 3 is 2.59 bits per heavy atom. The second-order valence-corrected chi connectivity index (χ2v) is 8.51. The number of amides is 1.